The van der Waals surface area contributed by atoms with Crippen LogP contribution in [0, 0.1) is 16.7 Å². The average Bonchev–Trinajstić information content (AvgIpc) is 2.00. The maximum Gasteiger partial charge on any atom is 0.346 e. The number of nitriles is 1. The molecule has 0 unspecified atom stereocenters. The Morgan fingerprint density at radius 1 is 1.75 bits per heavy atom. The molecule has 0 aliphatic rings. The van der Waals surface area contributed by atoms with Gasteiger partial charge in [0, 0.05) is 5.41 Å². The molecule has 0 saturated heterocycles. The van der Waals surface area contributed by atoms with Crippen LogP contribution in [-0.4, -0.2) is 17.8 Å². The molecule has 0 amide bonds. The summed E-state index contributed by atoms with van der Waals surface area (Å²) in [5.41, 5.74) is -1.30. The highest BCUT2D eigenvalue weighted by atomic mass is 19.1. The molecule has 0 radical (unpaired) electrons. The van der Waals surface area contributed by atoms with Crippen LogP contribution in [0.15, 0.2) is 11.6 Å². The van der Waals surface area contributed by atoms with Gasteiger partial charge in [0.05, 0.1) is 6.67 Å². The molecule has 0 atom stereocenters. The van der Waals surface area contributed by atoms with Crippen LogP contribution < -0.4 is 0 Å². The van der Waals surface area contributed by atoms with Crippen molar-refractivity contribution in [3.05, 3.63) is 11.6 Å². The Bertz CT molecular complexity index is 250. The second kappa shape index (κ2) is 3.86. The minimum Gasteiger partial charge on any atom is -0.477 e. The molecule has 0 aromatic carbocycles. The van der Waals surface area contributed by atoms with Crippen molar-refractivity contribution in [2.45, 2.75) is 13.8 Å². The number of carbonyl (C=O) groups is 1. The first-order valence-electron chi connectivity index (χ1n) is 3.35. The van der Waals surface area contributed by atoms with Crippen LogP contribution in [-0.2, 0) is 4.79 Å². The van der Waals surface area contributed by atoms with Crippen molar-refractivity contribution in [3.63, 3.8) is 0 Å². The predicted octanol–water partition coefficient (Wildman–Crippen LogP) is 1.52. The lowest BCUT2D eigenvalue weighted by Crippen LogP contribution is -2.13. The highest BCUT2D eigenvalue weighted by Crippen LogP contribution is 2.19. The van der Waals surface area contributed by atoms with E-state index < -0.39 is 23.6 Å². The molecule has 0 rings (SSSR count). The number of alkyl halides is 1. The van der Waals surface area contributed by atoms with Crippen LogP contribution in [0.1, 0.15) is 13.8 Å². The number of nitrogens with zero attached hydrogens (tertiary/aromatic N) is 1. The first-order valence-corrected chi connectivity index (χ1v) is 3.35. The normalized spacial score (nSPS) is 12.3. The largest absolute Gasteiger partial charge is 0.477 e. The van der Waals surface area contributed by atoms with Crippen molar-refractivity contribution in [1.82, 2.24) is 0 Å². The quantitative estimate of drug-likeness (QED) is 0.517. The lowest BCUT2D eigenvalue weighted by molar-refractivity contribution is -0.132. The lowest BCUT2D eigenvalue weighted by Gasteiger charge is -2.14. The number of allylic oxidation sites excluding steroid dienone is 1. The van der Waals surface area contributed by atoms with Crippen LogP contribution in [0.3, 0.4) is 0 Å². The van der Waals surface area contributed by atoms with E-state index in [-0.39, 0.29) is 0 Å². The smallest absolute Gasteiger partial charge is 0.346 e. The SMILES string of the molecule is CC(C)(/C=C(\C#N)C(=O)O)CF. The van der Waals surface area contributed by atoms with Crippen LogP contribution in [0.25, 0.3) is 0 Å². The maximum atomic E-state index is 12.2. The van der Waals surface area contributed by atoms with E-state index >= 15 is 0 Å². The fourth-order valence-electron chi connectivity index (χ4n) is 0.571. The fourth-order valence-corrected chi connectivity index (χ4v) is 0.571. The maximum absolute atomic E-state index is 12.2. The molecule has 4 heteroatoms. The standard InChI is InChI=1S/C8H10FNO2/c1-8(2,5-9)3-6(4-10)7(11)12/h3H,5H2,1-2H3,(H,11,12)/b6-3+. The van der Waals surface area contributed by atoms with Gasteiger partial charge in [0.25, 0.3) is 0 Å². The van der Waals surface area contributed by atoms with Gasteiger partial charge in [0.15, 0.2) is 0 Å². The molecular weight excluding hydrogens is 161 g/mol. The number of hydrogen-bond acceptors (Lipinski definition) is 2. The summed E-state index contributed by atoms with van der Waals surface area (Å²) in [4.78, 5) is 10.3. The molecule has 0 aromatic heterocycles. The van der Waals surface area contributed by atoms with Crippen molar-refractivity contribution < 1.29 is 14.3 Å². The summed E-state index contributed by atoms with van der Waals surface area (Å²) in [7, 11) is 0. The molecule has 0 bridgehead atoms. The minimum atomic E-state index is -1.32. The van der Waals surface area contributed by atoms with Crippen molar-refractivity contribution in [2.75, 3.05) is 6.67 Å². The molecule has 0 fully saturated rings. The first-order chi connectivity index (χ1) is 5.43. The van der Waals surface area contributed by atoms with Crippen molar-refractivity contribution in [2.24, 2.45) is 5.41 Å². The summed E-state index contributed by atoms with van der Waals surface area (Å²) in [6, 6.07) is 1.49. The summed E-state index contributed by atoms with van der Waals surface area (Å²) < 4.78 is 12.2. The molecule has 66 valence electrons. The van der Waals surface area contributed by atoms with Crippen molar-refractivity contribution >= 4 is 5.97 Å². The summed E-state index contributed by atoms with van der Waals surface area (Å²) in [6.45, 7) is 2.35. The monoisotopic (exact) mass is 171 g/mol. The van der Waals surface area contributed by atoms with Crippen molar-refractivity contribution in [1.29, 1.82) is 5.26 Å². The van der Waals surface area contributed by atoms with Gasteiger partial charge in [-0.15, -0.1) is 0 Å². The third-order valence-corrected chi connectivity index (χ3v) is 1.23. The highest BCUT2D eigenvalue weighted by Gasteiger charge is 2.18. The summed E-state index contributed by atoms with van der Waals surface area (Å²) in [5, 5.41) is 16.8. The van der Waals surface area contributed by atoms with E-state index in [0.29, 0.717) is 0 Å². The molecule has 0 saturated carbocycles. The van der Waals surface area contributed by atoms with Crippen LogP contribution >= 0.6 is 0 Å². The zero-order valence-electron chi connectivity index (χ0n) is 6.97. The van der Waals surface area contributed by atoms with Crippen LogP contribution in [0.5, 0.6) is 0 Å². The van der Waals surface area contributed by atoms with E-state index in [0.717, 1.165) is 6.08 Å². The predicted molar refractivity (Wildman–Crippen MR) is 41.1 cm³/mol. The lowest BCUT2D eigenvalue weighted by atomic mass is 9.93. The molecule has 0 aliphatic heterocycles. The van der Waals surface area contributed by atoms with Gasteiger partial charge in [0.2, 0.25) is 0 Å². The van der Waals surface area contributed by atoms with Gasteiger partial charge in [0.1, 0.15) is 11.6 Å². The summed E-state index contributed by atoms with van der Waals surface area (Å²) in [6.07, 6.45) is 1.12. The molecule has 0 spiro atoms. The Morgan fingerprint density at radius 3 is 2.50 bits per heavy atom. The molecule has 3 nitrogen and oxygen atoms in total. The zero-order valence-corrected chi connectivity index (χ0v) is 6.97. The van der Waals surface area contributed by atoms with Gasteiger partial charge in [-0.1, -0.05) is 19.9 Å². The molecule has 0 aliphatic carbocycles. The number of carboxylic acids is 1. The Hall–Kier alpha value is -1.37. The van der Waals surface area contributed by atoms with Crippen LogP contribution in [0.2, 0.25) is 0 Å². The molecule has 12 heavy (non-hydrogen) atoms. The van der Waals surface area contributed by atoms with Gasteiger partial charge in [-0.05, 0) is 0 Å². The van der Waals surface area contributed by atoms with E-state index in [2.05, 4.69) is 0 Å². The Kier molecular flexibility index (Phi) is 3.42. The first kappa shape index (κ1) is 10.6. The number of aliphatic carboxylic acids is 1. The Morgan fingerprint density at radius 2 is 2.25 bits per heavy atom. The van der Waals surface area contributed by atoms with E-state index in [9.17, 15) is 9.18 Å². The van der Waals surface area contributed by atoms with Crippen LogP contribution in [0.4, 0.5) is 4.39 Å². The molecule has 0 aromatic rings. The zero-order chi connectivity index (χ0) is 9.78. The number of carboxylic acid groups (broad SMARTS) is 1. The number of hydrogen-bond donors (Lipinski definition) is 1. The molecule has 0 heterocycles. The van der Waals surface area contributed by atoms with E-state index in [1.807, 2.05) is 0 Å². The van der Waals surface area contributed by atoms with Gasteiger partial charge >= 0.3 is 5.97 Å². The second-order valence-electron chi connectivity index (χ2n) is 3.10. The average molecular weight is 171 g/mol. The van der Waals surface area contributed by atoms with E-state index in [4.69, 9.17) is 10.4 Å². The van der Waals surface area contributed by atoms with E-state index in [1.54, 1.807) is 0 Å². The molecule has 1 N–H and O–H groups in total. The summed E-state index contributed by atoms with van der Waals surface area (Å²) >= 11 is 0. The molecular formula is C8H10FNO2. The number of rotatable bonds is 3. The highest BCUT2D eigenvalue weighted by molar-refractivity contribution is 5.91. The Balaban J connectivity index is 4.75. The summed E-state index contributed by atoms with van der Waals surface area (Å²) in [5.74, 6) is -1.32. The van der Waals surface area contributed by atoms with Gasteiger partial charge < -0.3 is 5.11 Å². The third kappa shape index (κ3) is 3.15. The fraction of sp³-hybridized carbons (Fsp3) is 0.500. The van der Waals surface area contributed by atoms with Gasteiger partial charge in [-0.25, -0.2) is 4.79 Å². The minimum absolute atomic E-state index is 0.419. The van der Waals surface area contributed by atoms with Gasteiger partial charge in [-0.2, -0.15) is 5.26 Å². The van der Waals surface area contributed by atoms with Gasteiger partial charge in [-0.3, -0.25) is 4.39 Å². The Labute approximate surface area is 70.1 Å². The third-order valence-electron chi connectivity index (χ3n) is 1.23. The van der Waals surface area contributed by atoms with E-state index in [1.165, 1.54) is 19.9 Å². The van der Waals surface area contributed by atoms with Crippen molar-refractivity contribution in [3.8, 4) is 6.07 Å². The topological polar surface area (TPSA) is 61.1 Å². The number of halogens is 1. The second-order valence-corrected chi connectivity index (χ2v) is 3.10.